The fourth-order valence-corrected chi connectivity index (χ4v) is 3.55. The average molecular weight is 489 g/mol. The van der Waals surface area contributed by atoms with Gasteiger partial charge in [0.15, 0.2) is 6.61 Å². The van der Waals surface area contributed by atoms with E-state index in [0.29, 0.717) is 18.1 Å². The second-order valence-corrected chi connectivity index (χ2v) is 7.93. The van der Waals surface area contributed by atoms with Gasteiger partial charge in [0.05, 0.1) is 6.21 Å². The van der Waals surface area contributed by atoms with Gasteiger partial charge in [-0.1, -0.05) is 82.7 Å². The number of halogens is 1. The molecule has 0 atom stereocenters. The van der Waals surface area contributed by atoms with E-state index in [1.54, 1.807) is 18.3 Å². The Balaban J connectivity index is 1.46. The van der Waals surface area contributed by atoms with E-state index >= 15 is 0 Å². The van der Waals surface area contributed by atoms with Gasteiger partial charge < -0.3 is 9.47 Å². The molecule has 32 heavy (non-hydrogen) atoms. The molecule has 4 rings (SSSR count). The van der Waals surface area contributed by atoms with Crippen LogP contribution in [0.2, 0.25) is 0 Å². The predicted molar refractivity (Wildman–Crippen MR) is 130 cm³/mol. The Hall–Kier alpha value is -3.64. The van der Waals surface area contributed by atoms with E-state index in [-0.39, 0.29) is 12.5 Å². The van der Waals surface area contributed by atoms with Gasteiger partial charge in [-0.25, -0.2) is 5.43 Å². The normalized spacial score (nSPS) is 10.9. The maximum absolute atomic E-state index is 12.2. The fourth-order valence-electron chi connectivity index (χ4n) is 3.18. The number of ether oxygens (including phenoxy) is 2. The van der Waals surface area contributed by atoms with Gasteiger partial charge in [0.1, 0.15) is 18.1 Å². The quantitative estimate of drug-likeness (QED) is 0.255. The Labute approximate surface area is 194 Å². The van der Waals surface area contributed by atoms with Gasteiger partial charge in [-0.05, 0) is 40.6 Å². The van der Waals surface area contributed by atoms with Crippen molar-refractivity contribution in [2.24, 2.45) is 5.10 Å². The van der Waals surface area contributed by atoms with Gasteiger partial charge in [0, 0.05) is 10.0 Å². The first-order valence-corrected chi connectivity index (χ1v) is 10.9. The molecule has 160 valence electrons. The van der Waals surface area contributed by atoms with Crippen LogP contribution in [0.1, 0.15) is 11.1 Å². The number of hydrazone groups is 1. The van der Waals surface area contributed by atoms with Crippen LogP contribution in [0, 0.1) is 0 Å². The molecule has 1 N–H and O–H groups in total. The second-order valence-electron chi connectivity index (χ2n) is 7.01. The Bertz CT molecular complexity index is 1240. The molecule has 0 aliphatic carbocycles. The predicted octanol–water partition coefficient (Wildman–Crippen LogP) is 5.71. The number of carbonyl (C=O) groups is 1. The standard InChI is InChI=1S/C26H21BrN2O3/c27-21-10-6-11-22(15-21)31-18-26(30)29-28-16-24-23-12-5-4-9-20(23)13-14-25(24)32-17-19-7-2-1-3-8-19/h1-16H,17-18H2,(H,29,30)/b28-16+. The van der Waals surface area contributed by atoms with Crippen molar-refractivity contribution in [2.75, 3.05) is 6.61 Å². The first-order chi connectivity index (χ1) is 15.7. The third kappa shape index (κ3) is 5.74. The summed E-state index contributed by atoms with van der Waals surface area (Å²) in [6.07, 6.45) is 1.61. The van der Waals surface area contributed by atoms with Gasteiger partial charge in [-0.15, -0.1) is 0 Å². The highest BCUT2D eigenvalue weighted by Gasteiger charge is 2.08. The minimum atomic E-state index is -0.354. The summed E-state index contributed by atoms with van der Waals surface area (Å²) in [4.78, 5) is 12.2. The zero-order chi connectivity index (χ0) is 22.2. The number of fused-ring (bicyclic) bond motifs is 1. The van der Waals surface area contributed by atoms with Crippen LogP contribution in [0.15, 0.2) is 101 Å². The van der Waals surface area contributed by atoms with E-state index in [0.717, 1.165) is 26.4 Å². The second kappa shape index (κ2) is 10.6. The largest absolute Gasteiger partial charge is 0.488 e. The summed E-state index contributed by atoms with van der Waals surface area (Å²) in [5, 5.41) is 6.19. The number of carbonyl (C=O) groups excluding carboxylic acids is 1. The van der Waals surface area contributed by atoms with Crippen molar-refractivity contribution in [3.05, 3.63) is 107 Å². The van der Waals surface area contributed by atoms with E-state index < -0.39 is 0 Å². The van der Waals surface area contributed by atoms with Gasteiger partial charge in [-0.3, -0.25) is 4.79 Å². The molecule has 0 saturated carbocycles. The molecule has 4 aromatic rings. The lowest BCUT2D eigenvalue weighted by molar-refractivity contribution is -0.123. The van der Waals surface area contributed by atoms with Gasteiger partial charge in [0.2, 0.25) is 0 Å². The third-order valence-electron chi connectivity index (χ3n) is 4.72. The van der Waals surface area contributed by atoms with Gasteiger partial charge in [0.25, 0.3) is 5.91 Å². The van der Waals surface area contributed by atoms with Crippen molar-refractivity contribution in [2.45, 2.75) is 6.61 Å². The fraction of sp³-hybridized carbons (Fsp3) is 0.0769. The Kier molecular flexibility index (Phi) is 7.15. The number of hydrogen-bond donors (Lipinski definition) is 1. The SMILES string of the molecule is O=C(COc1cccc(Br)c1)N/N=C/c1c(OCc2ccccc2)ccc2ccccc12. The number of nitrogens with one attached hydrogen (secondary N) is 1. The molecule has 0 saturated heterocycles. The third-order valence-corrected chi connectivity index (χ3v) is 5.21. The molecule has 0 fully saturated rings. The lowest BCUT2D eigenvalue weighted by Crippen LogP contribution is -2.24. The maximum Gasteiger partial charge on any atom is 0.277 e. The molecule has 0 spiro atoms. The highest BCUT2D eigenvalue weighted by atomic mass is 79.9. The summed E-state index contributed by atoms with van der Waals surface area (Å²) in [6.45, 7) is 0.299. The molecular formula is C26H21BrN2O3. The molecule has 0 aromatic heterocycles. The summed E-state index contributed by atoms with van der Waals surface area (Å²) in [7, 11) is 0. The summed E-state index contributed by atoms with van der Waals surface area (Å²) >= 11 is 3.38. The highest BCUT2D eigenvalue weighted by Crippen LogP contribution is 2.27. The van der Waals surface area contributed by atoms with Crippen molar-refractivity contribution in [1.82, 2.24) is 5.43 Å². The average Bonchev–Trinajstić information content (AvgIpc) is 2.83. The molecule has 0 radical (unpaired) electrons. The van der Waals surface area contributed by atoms with Crippen LogP contribution in [-0.4, -0.2) is 18.7 Å². The van der Waals surface area contributed by atoms with E-state index in [9.17, 15) is 4.79 Å². The van der Waals surface area contributed by atoms with Crippen LogP contribution in [0.3, 0.4) is 0 Å². The zero-order valence-corrected chi connectivity index (χ0v) is 18.8. The zero-order valence-electron chi connectivity index (χ0n) is 17.2. The Morgan fingerprint density at radius 2 is 1.72 bits per heavy atom. The molecule has 1 amide bonds. The van der Waals surface area contributed by atoms with E-state index in [4.69, 9.17) is 9.47 Å². The van der Waals surface area contributed by atoms with Gasteiger partial charge >= 0.3 is 0 Å². The van der Waals surface area contributed by atoms with Crippen molar-refractivity contribution in [3.63, 3.8) is 0 Å². The molecule has 0 bridgehead atoms. The monoisotopic (exact) mass is 488 g/mol. The summed E-state index contributed by atoms with van der Waals surface area (Å²) in [5.41, 5.74) is 4.39. The van der Waals surface area contributed by atoms with Crippen LogP contribution in [-0.2, 0) is 11.4 Å². The first-order valence-electron chi connectivity index (χ1n) is 10.1. The molecule has 6 heteroatoms. The summed E-state index contributed by atoms with van der Waals surface area (Å²) in [5.74, 6) is 0.938. The van der Waals surface area contributed by atoms with E-state index in [1.165, 1.54) is 0 Å². The maximum atomic E-state index is 12.2. The van der Waals surface area contributed by atoms with Crippen LogP contribution >= 0.6 is 15.9 Å². The molecule has 0 aliphatic heterocycles. The molecule has 0 unspecified atom stereocenters. The minimum absolute atomic E-state index is 0.138. The van der Waals surface area contributed by atoms with Crippen molar-refractivity contribution in [1.29, 1.82) is 0 Å². The molecule has 4 aromatic carbocycles. The lowest BCUT2D eigenvalue weighted by Gasteiger charge is -2.12. The molecular weight excluding hydrogens is 468 g/mol. The van der Waals surface area contributed by atoms with E-state index in [1.807, 2.05) is 78.9 Å². The highest BCUT2D eigenvalue weighted by molar-refractivity contribution is 9.10. The van der Waals surface area contributed by atoms with Crippen LogP contribution < -0.4 is 14.9 Å². The number of nitrogens with zero attached hydrogens (tertiary/aromatic N) is 1. The van der Waals surface area contributed by atoms with Crippen LogP contribution in [0.25, 0.3) is 10.8 Å². The molecule has 0 aliphatic rings. The first kappa shape index (κ1) is 21.6. The lowest BCUT2D eigenvalue weighted by atomic mass is 10.0. The smallest absolute Gasteiger partial charge is 0.277 e. The Morgan fingerprint density at radius 3 is 2.56 bits per heavy atom. The van der Waals surface area contributed by atoms with Crippen molar-refractivity contribution >= 4 is 38.8 Å². The number of amides is 1. The molecule has 5 nitrogen and oxygen atoms in total. The van der Waals surface area contributed by atoms with Crippen LogP contribution in [0.4, 0.5) is 0 Å². The number of hydrogen-bond acceptors (Lipinski definition) is 4. The minimum Gasteiger partial charge on any atom is -0.488 e. The number of rotatable bonds is 8. The Morgan fingerprint density at radius 1 is 0.906 bits per heavy atom. The summed E-state index contributed by atoms with van der Waals surface area (Å²) in [6, 6.07) is 29.2. The summed E-state index contributed by atoms with van der Waals surface area (Å²) < 4.78 is 12.4. The topological polar surface area (TPSA) is 59.9 Å². The van der Waals surface area contributed by atoms with Crippen molar-refractivity contribution in [3.8, 4) is 11.5 Å². The van der Waals surface area contributed by atoms with Crippen molar-refractivity contribution < 1.29 is 14.3 Å². The molecule has 0 heterocycles. The van der Waals surface area contributed by atoms with Gasteiger partial charge in [-0.2, -0.15) is 5.10 Å². The van der Waals surface area contributed by atoms with E-state index in [2.05, 4.69) is 26.5 Å². The number of benzene rings is 4. The van der Waals surface area contributed by atoms with Crippen LogP contribution in [0.5, 0.6) is 11.5 Å².